The van der Waals surface area contributed by atoms with Gasteiger partial charge in [0.1, 0.15) is 0 Å². The van der Waals surface area contributed by atoms with Gasteiger partial charge in [0.2, 0.25) is 0 Å². The second-order valence-corrected chi connectivity index (χ2v) is 10.1. The number of hydrogen-bond acceptors (Lipinski definition) is 0. The Bertz CT molecular complexity index is 116. The fourth-order valence-corrected chi connectivity index (χ4v) is 5.51. The van der Waals surface area contributed by atoms with Crippen LogP contribution in [0.15, 0.2) is 0 Å². The first kappa shape index (κ1) is 8.31. The number of hydrogen-bond donors (Lipinski definition) is 0. The van der Waals surface area contributed by atoms with Crippen LogP contribution in [0.1, 0.15) is 20.3 Å². The maximum absolute atomic E-state index is 2.54. The van der Waals surface area contributed by atoms with Crippen LogP contribution in [0.3, 0.4) is 0 Å². The van der Waals surface area contributed by atoms with Crippen LogP contribution >= 0.6 is 0 Å². The lowest BCUT2D eigenvalue weighted by molar-refractivity contribution is 0.423. The van der Waals surface area contributed by atoms with Crippen molar-refractivity contribution >= 4 is 8.07 Å². The Hall–Kier alpha value is 0.217. The van der Waals surface area contributed by atoms with Gasteiger partial charge in [-0.3, -0.25) is 0 Å². The van der Waals surface area contributed by atoms with Crippen molar-refractivity contribution in [2.24, 2.45) is 11.8 Å². The summed E-state index contributed by atoms with van der Waals surface area (Å²) >= 11 is 0. The predicted molar refractivity (Wildman–Crippen MR) is 50.0 cm³/mol. The summed E-state index contributed by atoms with van der Waals surface area (Å²) < 4.78 is 0. The number of rotatable bonds is 1. The van der Waals surface area contributed by atoms with Gasteiger partial charge in [-0.15, -0.1) is 0 Å². The summed E-state index contributed by atoms with van der Waals surface area (Å²) in [6, 6.07) is 3.17. The highest BCUT2D eigenvalue weighted by atomic mass is 28.3. The van der Waals surface area contributed by atoms with Crippen LogP contribution in [0.2, 0.25) is 25.2 Å². The molecule has 0 nitrogen and oxygen atoms in total. The lowest BCUT2D eigenvalue weighted by atomic mass is 9.96. The fraction of sp³-hybridized carbons (Fsp3) is 1.00. The third-order valence-electron chi connectivity index (χ3n) is 2.95. The molecule has 0 bridgehead atoms. The average molecular weight is 156 g/mol. The summed E-state index contributed by atoms with van der Waals surface area (Å²) in [6.07, 6.45) is 1.52. The predicted octanol–water partition coefficient (Wildman–Crippen LogP) is 3.37. The molecule has 0 N–H and O–H groups in total. The summed E-state index contributed by atoms with van der Waals surface area (Å²) in [5, 5.41) is 0. The van der Waals surface area contributed by atoms with E-state index < -0.39 is 8.07 Å². The Morgan fingerprint density at radius 1 is 1.30 bits per heavy atom. The molecule has 0 aromatic rings. The third-order valence-corrected chi connectivity index (χ3v) is 6.22. The Labute approximate surface area is 66.0 Å². The van der Waals surface area contributed by atoms with Crippen LogP contribution in [0.4, 0.5) is 0 Å². The van der Waals surface area contributed by atoms with Crippen LogP contribution in [-0.2, 0) is 0 Å². The molecule has 1 heteroatoms. The van der Waals surface area contributed by atoms with Crippen molar-refractivity contribution in [3.8, 4) is 0 Å². The van der Waals surface area contributed by atoms with Crippen LogP contribution in [0, 0.1) is 11.8 Å². The first-order chi connectivity index (χ1) is 4.51. The maximum Gasteiger partial charge on any atom is 0.0476 e. The largest absolute Gasteiger partial charge is 0.0693 e. The van der Waals surface area contributed by atoms with E-state index in [0.29, 0.717) is 0 Å². The summed E-state index contributed by atoms with van der Waals surface area (Å²) in [5.41, 5.74) is 0. The molecule has 0 aromatic heterocycles. The standard InChI is InChI=1S/C9H20Si/c1-8(2)9-5-6-10(3,4)7-9/h8-9H,5-7H2,1-4H3. The molecule has 0 spiro atoms. The molecule has 0 aromatic carbocycles. The van der Waals surface area contributed by atoms with Crippen molar-refractivity contribution in [1.29, 1.82) is 0 Å². The molecule has 0 aliphatic carbocycles. The second-order valence-electron chi connectivity index (χ2n) is 4.91. The Morgan fingerprint density at radius 3 is 2.10 bits per heavy atom. The maximum atomic E-state index is 2.54. The molecule has 1 fully saturated rings. The third kappa shape index (κ3) is 1.85. The molecule has 0 radical (unpaired) electrons. The zero-order chi connectivity index (χ0) is 7.78. The SMILES string of the molecule is CC(C)C1CC[Si](C)(C)C1. The topological polar surface area (TPSA) is 0 Å². The van der Waals surface area contributed by atoms with Crippen molar-refractivity contribution in [3.05, 3.63) is 0 Å². The summed E-state index contributed by atoms with van der Waals surface area (Å²) in [7, 11) is -0.666. The van der Waals surface area contributed by atoms with Gasteiger partial charge in [-0.05, 0) is 11.8 Å². The second kappa shape index (κ2) is 2.69. The van der Waals surface area contributed by atoms with Crippen molar-refractivity contribution < 1.29 is 0 Å². The van der Waals surface area contributed by atoms with Gasteiger partial charge in [-0.25, -0.2) is 0 Å². The van der Waals surface area contributed by atoms with Crippen LogP contribution in [0.25, 0.3) is 0 Å². The van der Waals surface area contributed by atoms with Gasteiger partial charge in [-0.2, -0.15) is 0 Å². The Balaban J connectivity index is 2.43. The van der Waals surface area contributed by atoms with E-state index in [1.54, 1.807) is 12.1 Å². The average Bonchev–Trinajstić information content (AvgIpc) is 2.10. The molecule has 1 aliphatic rings. The zero-order valence-corrected chi connectivity index (χ0v) is 8.78. The van der Waals surface area contributed by atoms with Crippen molar-refractivity contribution in [2.45, 2.75) is 45.5 Å². The quantitative estimate of drug-likeness (QED) is 0.511. The highest BCUT2D eigenvalue weighted by Crippen LogP contribution is 2.38. The Kier molecular flexibility index (Phi) is 2.23. The minimum Gasteiger partial charge on any atom is -0.0693 e. The van der Waals surface area contributed by atoms with Crippen molar-refractivity contribution in [2.75, 3.05) is 0 Å². The molecule has 1 atom stereocenters. The smallest absolute Gasteiger partial charge is 0.0476 e. The van der Waals surface area contributed by atoms with Crippen LogP contribution in [-0.4, -0.2) is 8.07 Å². The van der Waals surface area contributed by atoms with E-state index in [-0.39, 0.29) is 0 Å². The van der Waals surface area contributed by atoms with Gasteiger partial charge in [0.05, 0.1) is 0 Å². The monoisotopic (exact) mass is 156 g/mol. The molecule has 1 saturated heterocycles. The van der Waals surface area contributed by atoms with Gasteiger partial charge in [0.15, 0.2) is 0 Å². The summed E-state index contributed by atoms with van der Waals surface area (Å²) in [6.45, 7) is 9.83. The van der Waals surface area contributed by atoms with E-state index in [2.05, 4.69) is 26.9 Å². The van der Waals surface area contributed by atoms with Crippen molar-refractivity contribution in [1.82, 2.24) is 0 Å². The summed E-state index contributed by atoms with van der Waals surface area (Å²) in [4.78, 5) is 0. The van der Waals surface area contributed by atoms with E-state index >= 15 is 0 Å². The van der Waals surface area contributed by atoms with E-state index in [9.17, 15) is 0 Å². The van der Waals surface area contributed by atoms with Crippen molar-refractivity contribution in [3.63, 3.8) is 0 Å². The molecule has 0 saturated carbocycles. The normalized spacial score (nSPS) is 31.5. The van der Waals surface area contributed by atoms with E-state index in [4.69, 9.17) is 0 Å². The van der Waals surface area contributed by atoms with Crippen LogP contribution < -0.4 is 0 Å². The minimum absolute atomic E-state index is 0.666. The molecular formula is C9H20Si. The van der Waals surface area contributed by atoms with Gasteiger partial charge >= 0.3 is 0 Å². The van der Waals surface area contributed by atoms with Gasteiger partial charge in [0, 0.05) is 8.07 Å². The molecule has 1 unspecified atom stereocenters. The molecule has 1 rings (SSSR count). The van der Waals surface area contributed by atoms with E-state index in [1.165, 1.54) is 6.42 Å². The summed E-state index contributed by atoms with van der Waals surface area (Å²) in [5.74, 6) is 2.01. The minimum atomic E-state index is -0.666. The molecule has 10 heavy (non-hydrogen) atoms. The molecule has 60 valence electrons. The lowest BCUT2D eigenvalue weighted by Crippen LogP contribution is -2.20. The molecule has 0 amide bonds. The molecule has 1 aliphatic heterocycles. The molecule has 1 heterocycles. The van der Waals surface area contributed by atoms with Gasteiger partial charge in [-0.1, -0.05) is 45.5 Å². The highest BCUT2D eigenvalue weighted by molar-refractivity contribution is 6.78. The van der Waals surface area contributed by atoms with E-state index in [0.717, 1.165) is 11.8 Å². The zero-order valence-electron chi connectivity index (χ0n) is 7.78. The lowest BCUT2D eigenvalue weighted by Gasteiger charge is -2.17. The van der Waals surface area contributed by atoms with E-state index in [1.807, 2.05) is 0 Å². The van der Waals surface area contributed by atoms with Crippen LogP contribution in [0.5, 0.6) is 0 Å². The first-order valence-corrected chi connectivity index (χ1v) is 7.93. The van der Waals surface area contributed by atoms with Gasteiger partial charge < -0.3 is 0 Å². The fourth-order valence-electron chi connectivity index (χ4n) is 2.06. The Morgan fingerprint density at radius 2 is 1.90 bits per heavy atom. The first-order valence-electron chi connectivity index (χ1n) is 4.51. The molecular weight excluding hydrogens is 136 g/mol. The van der Waals surface area contributed by atoms with Gasteiger partial charge in [0.25, 0.3) is 0 Å². The highest BCUT2D eigenvalue weighted by Gasteiger charge is 2.33.